The number of carbonyl (C=O) groups excluding carboxylic acids is 1. The van der Waals surface area contributed by atoms with Crippen molar-refractivity contribution >= 4 is 44.2 Å². The van der Waals surface area contributed by atoms with Gasteiger partial charge in [0.25, 0.3) is 5.91 Å². The minimum atomic E-state index is 0.0181. The molecule has 0 bridgehead atoms. The van der Waals surface area contributed by atoms with Gasteiger partial charge in [0.2, 0.25) is 0 Å². The number of amides is 1. The Kier molecular flexibility index (Phi) is 4.95. The number of hydrogen-bond acceptors (Lipinski definition) is 5. The number of thiazole rings is 1. The number of hydrogen-bond donors (Lipinski definition) is 0. The van der Waals surface area contributed by atoms with Crippen LogP contribution in [0.3, 0.4) is 0 Å². The molecule has 0 atom stereocenters. The molecule has 1 amide bonds. The maximum absolute atomic E-state index is 12.3. The van der Waals surface area contributed by atoms with Gasteiger partial charge in [-0.3, -0.25) is 4.79 Å². The van der Waals surface area contributed by atoms with Crippen LogP contribution in [-0.4, -0.2) is 48.6 Å². The Labute approximate surface area is 160 Å². The van der Waals surface area contributed by atoms with Gasteiger partial charge in [0, 0.05) is 31.2 Å². The SMILES string of the molecule is O=C(COc1ccccc1)N1CCN(c2nc3cc(Cl)ccc3s2)CC1. The summed E-state index contributed by atoms with van der Waals surface area (Å²) in [5.74, 6) is 0.734. The Hall–Kier alpha value is -2.31. The summed E-state index contributed by atoms with van der Waals surface area (Å²) in [7, 11) is 0. The molecule has 5 nitrogen and oxygen atoms in total. The van der Waals surface area contributed by atoms with Crippen LogP contribution in [-0.2, 0) is 4.79 Å². The molecule has 0 spiro atoms. The standard InChI is InChI=1S/C19H18ClN3O2S/c20-14-6-7-17-16(12-14)21-19(26-17)23-10-8-22(9-11-23)18(24)13-25-15-4-2-1-3-5-15/h1-7,12H,8-11,13H2. The molecule has 3 aromatic rings. The molecular weight excluding hydrogens is 370 g/mol. The van der Waals surface area contributed by atoms with Crippen molar-refractivity contribution in [1.29, 1.82) is 0 Å². The summed E-state index contributed by atoms with van der Waals surface area (Å²) < 4.78 is 6.68. The van der Waals surface area contributed by atoms with E-state index in [1.807, 2.05) is 53.4 Å². The number of halogens is 1. The molecule has 1 aromatic heterocycles. The molecule has 0 unspecified atom stereocenters. The van der Waals surface area contributed by atoms with E-state index in [1.54, 1.807) is 11.3 Å². The van der Waals surface area contributed by atoms with E-state index in [0.717, 1.165) is 28.4 Å². The quantitative estimate of drug-likeness (QED) is 0.685. The molecule has 0 saturated carbocycles. The smallest absolute Gasteiger partial charge is 0.260 e. The van der Waals surface area contributed by atoms with E-state index in [1.165, 1.54) is 0 Å². The predicted molar refractivity (Wildman–Crippen MR) is 105 cm³/mol. The summed E-state index contributed by atoms with van der Waals surface area (Å²) in [6, 6.07) is 15.2. The Morgan fingerprint density at radius 3 is 2.65 bits per heavy atom. The van der Waals surface area contributed by atoms with E-state index in [2.05, 4.69) is 9.88 Å². The summed E-state index contributed by atoms with van der Waals surface area (Å²) >= 11 is 7.69. The molecule has 2 aromatic carbocycles. The highest BCUT2D eigenvalue weighted by molar-refractivity contribution is 7.22. The highest BCUT2D eigenvalue weighted by atomic mass is 35.5. The van der Waals surface area contributed by atoms with Gasteiger partial charge in [0.1, 0.15) is 5.75 Å². The molecular formula is C19H18ClN3O2S. The first kappa shape index (κ1) is 17.1. The number of carbonyl (C=O) groups is 1. The van der Waals surface area contributed by atoms with E-state index in [4.69, 9.17) is 16.3 Å². The maximum Gasteiger partial charge on any atom is 0.260 e. The monoisotopic (exact) mass is 387 g/mol. The number of rotatable bonds is 4. The molecule has 0 N–H and O–H groups in total. The van der Waals surface area contributed by atoms with Crippen molar-refractivity contribution in [1.82, 2.24) is 9.88 Å². The lowest BCUT2D eigenvalue weighted by atomic mass is 10.3. The molecule has 1 saturated heterocycles. The lowest BCUT2D eigenvalue weighted by molar-refractivity contribution is -0.133. The maximum atomic E-state index is 12.3. The molecule has 4 rings (SSSR count). The largest absolute Gasteiger partial charge is 0.484 e. The fourth-order valence-corrected chi connectivity index (χ4v) is 4.09. The molecule has 1 fully saturated rings. The van der Waals surface area contributed by atoms with E-state index in [9.17, 15) is 4.79 Å². The number of para-hydroxylation sites is 1. The second-order valence-corrected chi connectivity index (χ2v) is 7.52. The molecule has 134 valence electrons. The first-order chi connectivity index (χ1) is 12.7. The number of nitrogens with zero attached hydrogens (tertiary/aromatic N) is 3. The predicted octanol–water partition coefficient (Wildman–Crippen LogP) is 3.68. The zero-order valence-corrected chi connectivity index (χ0v) is 15.7. The minimum absolute atomic E-state index is 0.0181. The number of anilines is 1. The zero-order chi connectivity index (χ0) is 17.9. The van der Waals surface area contributed by atoms with Crippen molar-refractivity contribution in [2.24, 2.45) is 0 Å². The van der Waals surface area contributed by atoms with Gasteiger partial charge in [-0.15, -0.1) is 0 Å². The molecule has 0 radical (unpaired) electrons. The van der Waals surface area contributed by atoms with Crippen LogP contribution in [0.4, 0.5) is 5.13 Å². The summed E-state index contributed by atoms with van der Waals surface area (Å²) in [5, 5.41) is 1.68. The van der Waals surface area contributed by atoms with Gasteiger partial charge in [0.15, 0.2) is 11.7 Å². The zero-order valence-electron chi connectivity index (χ0n) is 14.1. The first-order valence-electron chi connectivity index (χ1n) is 8.46. The van der Waals surface area contributed by atoms with Crippen LogP contribution >= 0.6 is 22.9 Å². The number of ether oxygens (including phenoxy) is 1. The van der Waals surface area contributed by atoms with Crippen molar-refractivity contribution in [3.63, 3.8) is 0 Å². The van der Waals surface area contributed by atoms with Crippen LogP contribution in [0.2, 0.25) is 5.02 Å². The lowest BCUT2D eigenvalue weighted by Crippen LogP contribution is -2.50. The Morgan fingerprint density at radius 2 is 1.88 bits per heavy atom. The van der Waals surface area contributed by atoms with E-state index in [0.29, 0.717) is 23.9 Å². The number of benzene rings is 2. The van der Waals surface area contributed by atoms with Crippen LogP contribution in [0.25, 0.3) is 10.2 Å². The van der Waals surface area contributed by atoms with Crippen LogP contribution in [0.5, 0.6) is 5.75 Å². The van der Waals surface area contributed by atoms with Gasteiger partial charge >= 0.3 is 0 Å². The summed E-state index contributed by atoms with van der Waals surface area (Å²) in [5.41, 5.74) is 0.923. The van der Waals surface area contributed by atoms with Crippen LogP contribution in [0.15, 0.2) is 48.5 Å². The van der Waals surface area contributed by atoms with Crippen molar-refractivity contribution in [2.75, 3.05) is 37.7 Å². The summed E-state index contributed by atoms with van der Waals surface area (Å²) in [4.78, 5) is 21.1. The van der Waals surface area contributed by atoms with Gasteiger partial charge in [-0.1, -0.05) is 41.1 Å². The second kappa shape index (κ2) is 7.51. The third-order valence-electron chi connectivity index (χ3n) is 4.35. The Bertz CT molecular complexity index is 908. The number of piperazine rings is 1. The van der Waals surface area contributed by atoms with E-state index in [-0.39, 0.29) is 12.5 Å². The molecule has 1 aliphatic heterocycles. The fraction of sp³-hybridized carbons (Fsp3) is 0.263. The lowest BCUT2D eigenvalue weighted by Gasteiger charge is -2.34. The van der Waals surface area contributed by atoms with Gasteiger partial charge in [-0.2, -0.15) is 0 Å². The summed E-state index contributed by atoms with van der Waals surface area (Å²) in [6.45, 7) is 2.96. The van der Waals surface area contributed by atoms with Gasteiger partial charge in [0.05, 0.1) is 10.2 Å². The molecule has 2 heterocycles. The third kappa shape index (κ3) is 3.76. The average molecular weight is 388 g/mol. The molecule has 0 aliphatic carbocycles. The van der Waals surface area contributed by atoms with E-state index < -0.39 is 0 Å². The first-order valence-corrected chi connectivity index (χ1v) is 9.65. The fourth-order valence-electron chi connectivity index (χ4n) is 2.92. The Balaban J connectivity index is 1.33. The minimum Gasteiger partial charge on any atom is -0.484 e. The van der Waals surface area contributed by atoms with Crippen molar-refractivity contribution < 1.29 is 9.53 Å². The Morgan fingerprint density at radius 1 is 1.12 bits per heavy atom. The average Bonchev–Trinajstić information content (AvgIpc) is 3.10. The molecule has 26 heavy (non-hydrogen) atoms. The van der Waals surface area contributed by atoms with Crippen LogP contribution in [0.1, 0.15) is 0 Å². The molecule has 7 heteroatoms. The van der Waals surface area contributed by atoms with Crippen molar-refractivity contribution in [3.05, 3.63) is 53.6 Å². The van der Waals surface area contributed by atoms with Crippen LogP contribution < -0.4 is 9.64 Å². The second-order valence-electron chi connectivity index (χ2n) is 6.08. The van der Waals surface area contributed by atoms with Crippen molar-refractivity contribution in [2.45, 2.75) is 0 Å². The van der Waals surface area contributed by atoms with Gasteiger partial charge in [-0.05, 0) is 30.3 Å². The topological polar surface area (TPSA) is 45.7 Å². The van der Waals surface area contributed by atoms with Crippen LogP contribution in [0, 0.1) is 0 Å². The van der Waals surface area contributed by atoms with E-state index >= 15 is 0 Å². The number of fused-ring (bicyclic) bond motifs is 1. The highest BCUT2D eigenvalue weighted by Gasteiger charge is 2.23. The van der Waals surface area contributed by atoms with Gasteiger partial charge < -0.3 is 14.5 Å². The number of aromatic nitrogens is 1. The summed E-state index contributed by atoms with van der Waals surface area (Å²) in [6.07, 6.45) is 0. The van der Waals surface area contributed by atoms with Gasteiger partial charge in [-0.25, -0.2) is 4.98 Å². The normalized spacial score (nSPS) is 14.7. The third-order valence-corrected chi connectivity index (χ3v) is 5.68. The highest BCUT2D eigenvalue weighted by Crippen LogP contribution is 2.31. The molecule has 1 aliphatic rings. The van der Waals surface area contributed by atoms with Crippen molar-refractivity contribution in [3.8, 4) is 5.75 Å².